The lowest BCUT2D eigenvalue weighted by atomic mass is 9.88. The standard InChI is InChI=1S/C15H21BrO2/c1-10-4-3-5-13(8-10)18-15-9-12(16)6-7-14(15)11(2)17/h6-7,9-11,13,17H,3-5,8H2,1-2H3/t10?,11-,13?/m1/s1. The van der Waals surface area contributed by atoms with E-state index < -0.39 is 6.10 Å². The van der Waals surface area contributed by atoms with Gasteiger partial charge >= 0.3 is 0 Å². The number of ether oxygens (including phenoxy) is 1. The van der Waals surface area contributed by atoms with Crippen molar-refractivity contribution in [3.63, 3.8) is 0 Å². The Morgan fingerprint density at radius 1 is 1.39 bits per heavy atom. The highest BCUT2D eigenvalue weighted by Gasteiger charge is 2.21. The van der Waals surface area contributed by atoms with Gasteiger partial charge in [-0.3, -0.25) is 0 Å². The highest BCUT2D eigenvalue weighted by Crippen LogP contribution is 2.33. The molecule has 1 aromatic rings. The zero-order chi connectivity index (χ0) is 13.1. The number of rotatable bonds is 3. The Labute approximate surface area is 117 Å². The van der Waals surface area contributed by atoms with Crippen LogP contribution in [0.5, 0.6) is 5.75 Å². The van der Waals surface area contributed by atoms with E-state index in [4.69, 9.17) is 4.74 Å². The van der Waals surface area contributed by atoms with Crippen LogP contribution in [0.1, 0.15) is 51.2 Å². The summed E-state index contributed by atoms with van der Waals surface area (Å²) >= 11 is 3.46. The number of aliphatic hydroxyl groups excluding tert-OH is 1. The molecule has 1 N–H and O–H groups in total. The second-order valence-corrected chi connectivity index (χ2v) is 6.29. The lowest BCUT2D eigenvalue weighted by molar-refractivity contribution is 0.121. The van der Waals surface area contributed by atoms with Crippen LogP contribution in [-0.2, 0) is 0 Å². The first kappa shape index (κ1) is 13.9. The molecule has 0 saturated heterocycles. The number of halogens is 1. The van der Waals surface area contributed by atoms with Gasteiger partial charge in [0.25, 0.3) is 0 Å². The van der Waals surface area contributed by atoms with E-state index >= 15 is 0 Å². The molecule has 0 aromatic heterocycles. The lowest BCUT2D eigenvalue weighted by Gasteiger charge is -2.28. The molecule has 2 nitrogen and oxygen atoms in total. The SMILES string of the molecule is CC1CCCC(Oc2cc(Br)ccc2[C@@H](C)O)C1. The van der Waals surface area contributed by atoms with Crippen molar-refractivity contribution in [1.29, 1.82) is 0 Å². The molecule has 0 aliphatic heterocycles. The van der Waals surface area contributed by atoms with Crippen molar-refractivity contribution in [3.8, 4) is 5.75 Å². The zero-order valence-electron chi connectivity index (χ0n) is 11.0. The summed E-state index contributed by atoms with van der Waals surface area (Å²) in [6.45, 7) is 4.06. The average molecular weight is 313 g/mol. The summed E-state index contributed by atoms with van der Waals surface area (Å²) < 4.78 is 7.10. The minimum Gasteiger partial charge on any atom is -0.490 e. The average Bonchev–Trinajstić information content (AvgIpc) is 2.28. The molecule has 0 spiro atoms. The van der Waals surface area contributed by atoms with Crippen LogP contribution in [0.3, 0.4) is 0 Å². The second kappa shape index (κ2) is 6.07. The summed E-state index contributed by atoms with van der Waals surface area (Å²) in [6.07, 6.45) is 4.59. The second-order valence-electron chi connectivity index (χ2n) is 5.37. The first-order chi connectivity index (χ1) is 8.56. The van der Waals surface area contributed by atoms with E-state index in [1.165, 1.54) is 12.8 Å². The zero-order valence-corrected chi connectivity index (χ0v) is 12.6. The normalized spacial score (nSPS) is 25.8. The minimum atomic E-state index is -0.492. The summed E-state index contributed by atoms with van der Waals surface area (Å²) in [5, 5.41) is 9.78. The Balaban J connectivity index is 2.14. The van der Waals surface area contributed by atoms with Crippen molar-refractivity contribution in [1.82, 2.24) is 0 Å². The Hall–Kier alpha value is -0.540. The predicted molar refractivity (Wildman–Crippen MR) is 76.8 cm³/mol. The van der Waals surface area contributed by atoms with Gasteiger partial charge in [-0.15, -0.1) is 0 Å². The van der Waals surface area contributed by atoms with E-state index in [9.17, 15) is 5.11 Å². The molecule has 1 aliphatic carbocycles. The van der Waals surface area contributed by atoms with Gasteiger partial charge in [-0.1, -0.05) is 35.3 Å². The number of hydrogen-bond donors (Lipinski definition) is 1. The lowest BCUT2D eigenvalue weighted by Crippen LogP contribution is -2.24. The van der Waals surface area contributed by atoms with Gasteiger partial charge in [0, 0.05) is 10.0 Å². The molecule has 0 heterocycles. The van der Waals surface area contributed by atoms with E-state index in [1.54, 1.807) is 6.92 Å². The van der Waals surface area contributed by atoms with Crippen LogP contribution in [-0.4, -0.2) is 11.2 Å². The van der Waals surface area contributed by atoms with Crippen LogP contribution in [0.15, 0.2) is 22.7 Å². The van der Waals surface area contributed by atoms with Crippen molar-refractivity contribution in [2.24, 2.45) is 5.92 Å². The molecule has 3 heteroatoms. The molecule has 0 radical (unpaired) electrons. The number of hydrogen-bond acceptors (Lipinski definition) is 2. The molecule has 18 heavy (non-hydrogen) atoms. The van der Waals surface area contributed by atoms with Gasteiger partial charge in [0.15, 0.2) is 0 Å². The summed E-state index contributed by atoms with van der Waals surface area (Å²) in [7, 11) is 0. The Morgan fingerprint density at radius 3 is 2.83 bits per heavy atom. The number of benzene rings is 1. The molecule has 100 valence electrons. The van der Waals surface area contributed by atoms with Crippen molar-refractivity contribution in [2.75, 3.05) is 0 Å². The van der Waals surface area contributed by atoms with Crippen LogP contribution in [0.2, 0.25) is 0 Å². The third-order valence-electron chi connectivity index (χ3n) is 3.61. The first-order valence-corrected chi connectivity index (χ1v) is 7.49. The maximum atomic E-state index is 9.78. The quantitative estimate of drug-likeness (QED) is 0.893. The summed E-state index contributed by atoms with van der Waals surface area (Å²) in [6, 6.07) is 5.83. The molecule has 1 saturated carbocycles. The maximum Gasteiger partial charge on any atom is 0.126 e. The maximum absolute atomic E-state index is 9.78. The van der Waals surface area contributed by atoms with Crippen molar-refractivity contribution < 1.29 is 9.84 Å². The molecule has 1 fully saturated rings. The van der Waals surface area contributed by atoms with Gasteiger partial charge < -0.3 is 9.84 Å². The van der Waals surface area contributed by atoms with Gasteiger partial charge in [0.2, 0.25) is 0 Å². The van der Waals surface area contributed by atoms with Crippen molar-refractivity contribution in [2.45, 2.75) is 51.7 Å². The van der Waals surface area contributed by atoms with Gasteiger partial charge in [-0.05, 0) is 44.2 Å². The molecule has 3 atom stereocenters. The van der Waals surface area contributed by atoms with Crippen LogP contribution >= 0.6 is 15.9 Å². The predicted octanol–water partition coefficient (Wildman–Crippen LogP) is 4.46. The Bertz CT molecular complexity index is 403. The molecular formula is C15H21BrO2. The molecule has 2 unspecified atom stereocenters. The largest absolute Gasteiger partial charge is 0.490 e. The Kier molecular flexibility index (Phi) is 4.68. The highest BCUT2D eigenvalue weighted by molar-refractivity contribution is 9.10. The molecule has 2 rings (SSSR count). The van der Waals surface area contributed by atoms with Gasteiger partial charge in [0.1, 0.15) is 5.75 Å². The number of aliphatic hydroxyl groups is 1. The van der Waals surface area contributed by atoms with E-state index in [2.05, 4.69) is 22.9 Å². The fourth-order valence-electron chi connectivity index (χ4n) is 2.62. The summed E-state index contributed by atoms with van der Waals surface area (Å²) in [5.41, 5.74) is 0.872. The monoisotopic (exact) mass is 312 g/mol. The molecule has 0 bridgehead atoms. The van der Waals surface area contributed by atoms with E-state index in [0.717, 1.165) is 34.5 Å². The fourth-order valence-corrected chi connectivity index (χ4v) is 2.96. The van der Waals surface area contributed by atoms with Crippen LogP contribution in [0.25, 0.3) is 0 Å². The van der Waals surface area contributed by atoms with E-state index in [1.807, 2.05) is 18.2 Å². The first-order valence-electron chi connectivity index (χ1n) is 6.70. The molecular weight excluding hydrogens is 292 g/mol. The van der Waals surface area contributed by atoms with Crippen LogP contribution < -0.4 is 4.74 Å². The van der Waals surface area contributed by atoms with Crippen LogP contribution in [0.4, 0.5) is 0 Å². The summed E-state index contributed by atoms with van der Waals surface area (Å²) in [5.74, 6) is 1.56. The van der Waals surface area contributed by atoms with Crippen molar-refractivity contribution >= 4 is 15.9 Å². The minimum absolute atomic E-state index is 0.292. The third-order valence-corrected chi connectivity index (χ3v) is 4.10. The van der Waals surface area contributed by atoms with Crippen molar-refractivity contribution in [3.05, 3.63) is 28.2 Å². The fraction of sp³-hybridized carbons (Fsp3) is 0.600. The highest BCUT2D eigenvalue weighted by atomic mass is 79.9. The summed E-state index contributed by atoms with van der Waals surface area (Å²) in [4.78, 5) is 0. The smallest absolute Gasteiger partial charge is 0.126 e. The molecule has 1 aliphatic rings. The van der Waals surface area contributed by atoms with Gasteiger partial charge in [0.05, 0.1) is 12.2 Å². The molecule has 0 amide bonds. The van der Waals surface area contributed by atoms with E-state index in [-0.39, 0.29) is 0 Å². The molecule has 1 aromatic carbocycles. The topological polar surface area (TPSA) is 29.5 Å². The Morgan fingerprint density at radius 2 is 2.17 bits per heavy atom. The van der Waals surface area contributed by atoms with E-state index in [0.29, 0.717) is 6.10 Å². The van der Waals surface area contributed by atoms with Gasteiger partial charge in [-0.25, -0.2) is 0 Å². The van der Waals surface area contributed by atoms with Gasteiger partial charge in [-0.2, -0.15) is 0 Å². The van der Waals surface area contributed by atoms with Crippen LogP contribution in [0, 0.1) is 5.92 Å². The third kappa shape index (κ3) is 3.48.